The summed E-state index contributed by atoms with van der Waals surface area (Å²) in [6, 6.07) is 6.91. The van der Waals surface area contributed by atoms with Gasteiger partial charge in [-0.15, -0.1) is 0 Å². The van der Waals surface area contributed by atoms with Crippen LogP contribution in [0.2, 0.25) is 0 Å². The molecule has 118 valence electrons. The lowest BCUT2D eigenvalue weighted by atomic mass is 9.95. The van der Waals surface area contributed by atoms with Gasteiger partial charge >= 0.3 is 6.03 Å². The van der Waals surface area contributed by atoms with E-state index >= 15 is 0 Å². The normalized spacial score (nSPS) is 13.5. The molecule has 1 aromatic rings. The van der Waals surface area contributed by atoms with Gasteiger partial charge in [0, 0.05) is 25.4 Å². The molecule has 0 aliphatic rings. The first-order valence-corrected chi connectivity index (χ1v) is 7.20. The number of hydrogen-bond donors (Lipinski definition) is 5. The van der Waals surface area contributed by atoms with Crippen LogP contribution in [-0.4, -0.2) is 35.0 Å². The number of nitrogens with one attached hydrogen (secondary N) is 2. The molecule has 0 spiro atoms. The molecule has 1 rings (SSSR count). The summed E-state index contributed by atoms with van der Waals surface area (Å²) >= 11 is 0. The van der Waals surface area contributed by atoms with Gasteiger partial charge in [-0.1, -0.05) is 19.1 Å². The van der Waals surface area contributed by atoms with Gasteiger partial charge in [0.15, 0.2) is 0 Å². The zero-order valence-corrected chi connectivity index (χ0v) is 12.4. The Labute approximate surface area is 125 Å². The van der Waals surface area contributed by atoms with Crippen LogP contribution in [0.25, 0.3) is 0 Å². The summed E-state index contributed by atoms with van der Waals surface area (Å²) in [6.07, 6.45) is 1.46. The van der Waals surface area contributed by atoms with E-state index in [2.05, 4.69) is 10.6 Å². The molecule has 0 saturated heterocycles. The second kappa shape index (κ2) is 8.61. The number of urea groups is 1. The first-order chi connectivity index (χ1) is 10.0. The molecule has 6 heteroatoms. The Morgan fingerprint density at radius 3 is 2.81 bits per heavy atom. The van der Waals surface area contributed by atoms with Crippen molar-refractivity contribution in [2.24, 2.45) is 5.73 Å². The van der Waals surface area contributed by atoms with Crippen LogP contribution in [0.15, 0.2) is 24.3 Å². The van der Waals surface area contributed by atoms with E-state index in [0.717, 1.165) is 5.56 Å². The molecule has 0 heterocycles. The molecule has 0 saturated carbocycles. The van der Waals surface area contributed by atoms with E-state index in [-0.39, 0.29) is 19.2 Å². The SMILES string of the molecule is CC[C@@](O)(CCCO)CNC(=O)Nc1cccc(CN)c1. The average Bonchev–Trinajstić information content (AvgIpc) is 2.51. The Kier molecular flexibility index (Phi) is 7.14. The number of amides is 2. The summed E-state index contributed by atoms with van der Waals surface area (Å²) < 4.78 is 0. The minimum atomic E-state index is -0.987. The third-order valence-corrected chi connectivity index (χ3v) is 3.46. The smallest absolute Gasteiger partial charge is 0.319 e. The highest BCUT2D eigenvalue weighted by molar-refractivity contribution is 5.89. The van der Waals surface area contributed by atoms with Crippen molar-refractivity contribution >= 4 is 11.7 Å². The first-order valence-electron chi connectivity index (χ1n) is 7.20. The Morgan fingerprint density at radius 2 is 2.19 bits per heavy atom. The van der Waals surface area contributed by atoms with E-state index in [1.807, 2.05) is 19.1 Å². The van der Waals surface area contributed by atoms with Crippen LogP contribution >= 0.6 is 0 Å². The van der Waals surface area contributed by atoms with Crippen LogP contribution in [0.5, 0.6) is 0 Å². The van der Waals surface area contributed by atoms with E-state index in [0.29, 0.717) is 31.5 Å². The Hall–Kier alpha value is -1.63. The zero-order chi connectivity index (χ0) is 15.7. The van der Waals surface area contributed by atoms with Gasteiger partial charge < -0.3 is 26.6 Å². The summed E-state index contributed by atoms with van der Waals surface area (Å²) in [7, 11) is 0. The van der Waals surface area contributed by atoms with E-state index in [4.69, 9.17) is 10.8 Å². The number of aliphatic hydroxyl groups excluding tert-OH is 1. The molecule has 21 heavy (non-hydrogen) atoms. The number of carbonyl (C=O) groups is 1. The third-order valence-electron chi connectivity index (χ3n) is 3.46. The predicted molar refractivity (Wildman–Crippen MR) is 82.9 cm³/mol. The van der Waals surface area contributed by atoms with Gasteiger partial charge in [-0.2, -0.15) is 0 Å². The summed E-state index contributed by atoms with van der Waals surface area (Å²) in [5.74, 6) is 0. The lowest BCUT2D eigenvalue weighted by Crippen LogP contribution is -2.44. The maximum atomic E-state index is 11.8. The van der Waals surface area contributed by atoms with Crippen molar-refractivity contribution < 1.29 is 15.0 Å². The largest absolute Gasteiger partial charge is 0.396 e. The minimum absolute atomic E-state index is 0.0282. The van der Waals surface area contributed by atoms with Crippen molar-refractivity contribution in [3.8, 4) is 0 Å². The summed E-state index contributed by atoms with van der Waals surface area (Å²) in [5.41, 5.74) is 6.15. The fraction of sp³-hybridized carbons (Fsp3) is 0.533. The monoisotopic (exact) mass is 295 g/mol. The number of aliphatic hydroxyl groups is 2. The van der Waals surface area contributed by atoms with Crippen LogP contribution in [-0.2, 0) is 6.54 Å². The van der Waals surface area contributed by atoms with Crippen molar-refractivity contribution in [2.75, 3.05) is 18.5 Å². The topological polar surface area (TPSA) is 108 Å². The molecular formula is C15H25N3O3. The molecule has 0 aliphatic heterocycles. The van der Waals surface area contributed by atoms with Gasteiger partial charge in [0.25, 0.3) is 0 Å². The molecule has 0 unspecified atom stereocenters. The average molecular weight is 295 g/mol. The number of anilines is 1. The standard InChI is InChI=1S/C15H25N3O3/c1-2-15(21,7-4-8-19)11-17-14(20)18-13-6-3-5-12(9-13)10-16/h3,5-6,9,19,21H,2,4,7-8,10-11,16H2,1H3,(H2,17,18,20)/t15-/m1/s1. The predicted octanol–water partition coefficient (Wildman–Crippen LogP) is 1.18. The van der Waals surface area contributed by atoms with Crippen molar-refractivity contribution in [1.82, 2.24) is 5.32 Å². The molecular weight excluding hydrogens is 270 g/mol. The van der Waals surface area contributed by atoms with Crippen molar-refractivity contribution in [3.63, 3.8) is 0 Å². The van der Waals surface area contributed by atoms with Crippen LogP contribution < -0.4 is 16.4 Å². The second-order valence-corrected chi connectivity index (χ2v) is 5.12. The number of rotatable bonds is 8. The van der Waals surface area contributed by atoms with Crippen LogP contribution in [0.1, 0.15) is 31.7 Å². The first kappa shape index (κ1) is 17.4. The number of nitrogens with two attached hydrogens (primary N) is 1. The van der Waals surface area contributed by atoms with Gasteiger partial charge in [0.05, 0.1) is 5.60 Å². The molecule has 1 aromatic carbocycles. The molecule has 2 amide bonds. The number of benzene rings is 1. The second-order valence-electron chi connectivity index (χ2n) is 5.12. The molecule has 0 fully saturated rings. The quantitative estimate of drug-likeness (QED) is 0.496. The van der Waals surface area contributed by atoms with E-state index in [9.17, 15) is 9.90 Å². The highest BCUT2D eigenvalue weighted by Gasteiger charge is 2.24. The molecule has 0 radical (unpaired) electrons. The van der Waals surface area contributed by atoms with Crippen molar-refractivity contribution in [3.05, 3.63) is 29.8 Å². The Balaban J connectivity index is 2.49. The maximum absolute atomic E-state index is 11.8. The lowest BCUT2D eigenvalue weighted by Gasteiger charge is -2.26. The molecule has 0 bridgehead atoms. The summed E-state index contributed by atoms with van der Waals surface area (Å²) in [5, 5.41) is 24.5. The number of carbonyl (C=O) groups excluding carboxylic acids is 1. The van der Waals surface area contributed by atoms with Crippen LogP contribution in [0, 0.1) is 0 Å². The van der Waals surface area contributed by atoms with Gasteiger partial charge in [0.2, 0.25) is 0 Å². The number of hydrogen-bond acceptors (Lipinski definition) is 4. The van der Waals surface area contributed by atoms with E-state index in [1.165, 1.54) is 0 Å². The summed E-state index contributed by atoms with van der Waals surface area (Å²) in [6.45, 7) is 2.43. The molecule has 0 aromatic heterocycles. The van der Waals surface area contributed by atoms with Crippen LogP contribution in [0.3, 0.4) is 0 Å². The van der Waals surface area contributed by atoms with E-state index < -0.39 is 5.60 Å². The molecule has 1 atom stereocenters. The van der Waals surface area contributed by atoms with Crippen molar-refractivity contribution in [1.29, 1.82) is 0 Å². The molecule has 6 nitrogen and oxygen atoms in total. The minimum Gasteiger partial charge on any atom is -0.396 e. The highest BCUT2D eigenvalue weighted by atomic mass is 16.3. The Morgan fingerprint density at radius 1 is 1.43 bits per heavy atom. The molecule has 6 N–H and O–H groups in total. The lowest BCUT2D eigenvalue weighted by molar-refractivity contribution is 0.0243. The third kappa shape index (κ3) is 6.12. The molecule has 0 aliphatic carbocycles. The fourth-order valence-corrected chi connectivity index (χ4v) is 1.99. The van der Waals surface area contributed by atoms with Gasteiger partial charge in [-0.05, 0) is 37.0 Å². The maximum Gasteiger partial charge on any atom is 0.319 e. The summed E-state index contributed by atoms with van der Waals surface area (Å²) in [4.78, 5) is 11.8. The van der Waals surface area contributed by atoms with Gasteiger partial charge in [-0.3, -0.25) is 0 Å². The van der Waals surface area contributed by atoms with E-state index in [1.54, 1.807) is 12.1 Å². The van der Waals surface area contributed by atoms with Crippen molar-refractivity contribution in [2.45, 2.75) is 38.3 Å². The van der Waals surface area contributed by atoms with Gasteiger partial charge in [-0.25, -0.2) is 4.79 Å². The van der Waals surface area contributed by atoms with Gasteiger partial charge in [0.1, 0.15) is 0 Å². The van der Waals surface area contributed by atoms with Crippen LogP contribution in [0.4, 0.5) is 10.5 Å². The Bertz CT molecular complexity index is 454. The fourth-order valence-electron chi connectivity index (χ4n) is 1.99. The zero-order valence-electron chi connectivity index (χ0n) is 12.4. The highest BCUT2D eigenvalue weighted by Crippen LogP contribution is 2.16.